The molecular weight excluding hydrogens is 496 g/mol. The van der Waals surface area contributed by atoms with Gasteiger partial charge in [-0.2, -0.15) is 0 Å². The van der Waals surface area contributed by atoms with E-state index in [0.717, 1.165) is 25.9 Å². The molecule has 2 fully saturated rings. The van der Waals surface area contributed by atoms with Crippen LogP contribution in [0.3, 0.4) is 0 Å². The first-order chi connectivity index (χ1) is 18.2. The van der Waals surface area contributed by atoms with Crippen LogP contribution in [0.15, 0.2) is 29.4 Å². The van der Waals surface area contributed by atoms with Gasteiger partial charge in [-0.15, -0.1) is 0 Å². The number of oxime groups is 1. The van der Waals surface area contributed by atoms with Gasteiger partial charge in [-0.3, -0.25) is 9.59 Å². The van der Waals surface area contributed by atoms with Crippen molar-refractivity contribution in [2.75, 3.05) is 32.8 Å². The van der Waals surface area contributed by atoms with E-state index >= 15 is 0 Å². The largest absolute Gasteiger partial charge is 0.465 e. The fraction of sp³-hybridized carbons (Fsp3) is 0.577. The van der Waals surface area contributed by atoms with Crippen LogP contribution in [-0.4, -0.2) is 89.7 Å². The lowest BCUT2D eigenvalue weighted by molar-refractivity contribution is -0.166. The van der Waals surface area contributed by atoms with Crippen LogP contribution in [0.5, 0.6) is 0 Å². The maximum absolute atomic E-state index is 13.5. The lowest BCUT2D eigenvalue weighted by Crippen LogP contribution is -2.46. The lowest BCUT2D eigenvalue weighted by Gasteiger charge is -2.34. The summed E-state index contributed by atoms with van der Waals surface area (Å²) in [6.07, 6.45) is -0.00132. The highest BCUT2D eigenvalue weighted by Crippen LogP contribution is 2.27. The molecule has 208 valence electrons. The van der Waals surface area contributed by atoms with Gasteiger partial charge in [-0.05, 0) is 38.8 Å². The quantitative estimate of drug-likeness (QED) is 0.0816. The molecule has 0 spiro atoms. The maximum Gasteiger partial charge on any atom is 0.407 e. The zero-order chi connectivity index (χ0) is 27.7. The molecular formula is C26H36N4O8. The van der Waals surface area contributed by atoms with Gasteiger partial charge in [0, 0.05) is 42.5 Å². The van der Waals surface area contributed by atoms with Crippen molar-refractivity contribution in [3.8, 4) is 0 Å². The van der Waals surface area contributed by atoms with Crippen LogP contribution in [0.1, 0.15) is 54.9 Å². The molecule has 12 heteroatoms. The zero-order valence-electron chi connectivity index (χ0n) is 21.5. The third-order valence-corrected chi connectivity index (χ3v) is 7.09. The average Bonchev–Trinajstić information content (AvgIpc) is 2.94. The summed E-state index contributed by atoms with van der Waals surface area (Å²) in [5, 5.41) is 24.2. The Hall–Kier alpha value is -3.51. The molecule has 0 saturated carbocycles. The molecule has 1 aromatic rings. The normalized spacial score (nSPS) is 19.0. The van der Waals surface area contributed by atoms with Crippen LogP contribution in [-0.2, 0) is 19.1 Å². The van der Waals surface area contributed by atoms with Crippen molar-refractivity contribution in [3.63, 3.8) is 0 Å². The summed E-state index contributed by atoms with van der Waals surface area (Å²) in [4.78, 5) is 51.6. The third-order valence-electron chi connectivity index (χ3n) is 7.09. The van der Waals surface area contributed by atoms with E-state index in [-0.39, 0.29) is 55.5 Å². The molecule has 2 aliphatic heterocycles. The van der Waals surface area contributed by atoms with Crippen LogP contribution in [0.2, 0.25) is 0 Å². The Balaban J connectivity index is 1.65. The highest BCUT2D eigenvalue weighted by Gasteiger charge is 2.38. The molecule has 2 atom stereocenters. The molecule has 1 aromatic carbocycles. The second kappa shape index (κ2) is 13.9. The molecule has 0 bridgehead atoms. The van der Waals surface area contributed by atoms with Crippen molar-refractivity contribution in [1.82, 2.24) is 10.2 Å². The summed E-state index contributed by atoms with van der Waals surface area (Å²) in [6.45, 7) is 3.41. The molecule has 3 rings (SSSR count). The van der Waals surface area contributed by atoms with Crippen LogP contribution < -0.4 is 11.1 Å². The summed E-state index contributed by atoms with van der Waals surface area (Å²) in [7, 11) is 0. The molecule has 1 unspecified atom stereocenters. The van der Waals surface area contributed by atoms with E-state index < -0.39 is 24.1 Å². The molecule has 12 nitrogen and oxygen atoms in total. The Morgan fingerprint density at radius 3 is 2.26 bits per heavy atom. The summed E-state index contributed by atoms with van der Waals surface area (Å²) in [6, 6.07) is 6.14. The number of likely N-dealkylation sites (tertiary alicyclic amines) is 1. The number of amidine groups is 1. The predicted octanol–water partition coefficient (Wildman–Crippen LogP) is 1.63. The number of esters is 1. The number of hydrogen-bond donors (Lipinski definition) is 4. The van der Waals surface area contributed by atoms with Crippen molar-refractivity contribution in [2.24, 2.45) is 22.7 Å². The first kappa shape index (κ1) is 29.1. The van der Waals surface area contributed by atoms with E-state index in [1.165, 1.54) is 29.2 Å². The molecule has 2 saturated heterocycles. The number of nitrogens with one attached hydrogen (secondary N) is 1. The number of rotatable bonds is 11. The van der Waals surface area contributed by atoms with E-state index in [1.807, 2.05) is 0 Å². The Labute approximate surface area is 221 Å². The summed E-state index contributed by atoms with van der Waals surface area (Å²) < 4.78 is 11.3. The van der Waals surface area contributed by atoms with Crippen molar-refractivity contribution < 1.29 is 39.0 Å². The average molecular weight is 533 g/mol. The first-order valence-electron chi connectivity index (χ1n) is 12.8. The molecule has 0 radical (unpaired) electrons. The van der Waals surface area contributed by atoms with Gasteiger partial charge in [-0.25, -0.2) is 9.59 Å². The minimum Gasteiger partial charge on any atom is -0.465 e. The topological polar surface area (TPSA) is 181 Å². The molecule has 5 N–H and O–H groups in total. The van der Waals surface area contributed by atoms with E-state index in [9.17, 15) is 24.3 Å². The minimum atomic E-state index is -1.10. The van der Waals surface area contributed by atoms with E-state index in [1.54, 1.807) is 6.92 Å². The van der Waals surface area contributed by atoms with Crippen molar-refractivity contribution in [2.45, 2.75) is 51.2 Å². The number of carbonyl (C=O) groups is 4. The van der Waals surface area contributed by atoms with Crippen LogP contribution in [0, 0.1) is 11.8 Å². The van der Waals surface area contributed by atoms with Gasteiger partial charge in [0.15, 0.2) is 23.5 Å². The molecule has 2 heterocycles. The van der Waals surface area contributed by atoms with Crippen LogP contribution in [0.4, 0.5) is 4.79 Å². The van der Waals surface area contributed by atoms with E-state index in [4.69, 9.17) is 20.4 Å². The van der Waals surface area contributed by atoms with E-state index in [0.29, 0.717) is 24.0 Å². The number of benzene rings is 1. The van der Waals surface area contributed by atoms with Crippen LogP contribution >= 0.6 is 0 Å². The number of amides is 1. The number of carboxylic acid groups (broad SMARTS) is 1. The van der Waals surface area contributed by atoms with Crippen molar-refractivity contribution in [3.05, 3.63) is 35.4 Å². The molecule has 2 aliphatic rings. The molecule has 0 aromatic heterocycles. The van der Waals surface area contributed by atoms with Gasteiger partial charge >= 0.3 is 12.1 Å². The number of nitrogens with two attached hydrogens (primary N) is 1. The number of Topliss-reactive ketones (excluding diaryl/α,β-unsaturated/α-hetero) is 2. The third kappa shape index (κ3) is 7.99. The number of ketones is 2. The smallest absolute Gasteiger partial charge is 0.407 e. The monoisotopic (exact) mass is 532 g/mol. The fourth-order valence-corrected chi connectivity index (χ4v) is 4.77. The van der Waals surface area contributed by atoms with Crippen molar-refractivity contribution in [1.29, 1.82) is 0 Å². The van der Waals surface area contributed by atoms with Gasteiger partial charge in [0.1, 0.15) is 6.61 Å². The standard InChI is InChI=1S/C26H36N4O8/c1-16(14-21(31)17-2-4-19(5-3-17)25(27)29-36)23(33)24(18-8-12-30(13-9-18)26(34)35)38-22(32)15-37-20-6-10-28-11-7-20/h2-5,16,18,20,24,28,36H,6-15H2,1H3,(H2,27,29)(H,34,35)/t16?,24-/m1/s1. The van der Waals surface area contributed by atoms with Gasteiger partial charge in [0.25, 0.3) is 0 Å². The summed E-state index contributed by atoms with van der Waals surface area (Å²) in [5.41, 5.74) is 6.36. The molecule has 1 amide bonds. The zero-order valence-corrected chi connectivity index (χ0v) is 21.5. The molecule has 0 aliphatic carbocycles. The maximum atomic E-state index is 13.5. The summed E-state index contributed by atoms with van der Waals surface area (Å²) in [5.74, 6) is -2.51. The second-order valence-electron chi connectivity index (χ2n) is 9.77. The first-order valence-corrected chi connectivity index (χ1v) is 12.8. The molecule has 38 heavy (non-hydrogen) atoms. The Kier molecular flexibility index (Phi) is 10.6. The van der Waals surface area contributed by atoms with Gasteiger partial charge in [0.05, 0.1) is 6.10 Å². The van der Waals surface area contributed by atoms with Crippen molar-refractivity contribution >= 4 is 29.5 Å². The number of nitrogens with zero attached hydrogens (tertiary/aromatic N) is 2. The summed E-state index contributed by atoms with van der Waals surface area (Å²) >= 11 is 0. The Morgan fingerprint density at radius 1 is 1.08 bits per heavy atom. The van der Waals surface area contributed by atoms with E-state index in [2.05, 4.69) is 10.5 Å². The van der Waals surface area contributed by atoms with Gasteiger partial charge < -0.3 is 35.7 Å². The number of ether oxygens (including phenoxy) is 2. The van der Waals surface area contributed by atoms with Crippen LogP contribution in [0.25, 0.3) is 0 Å². The number of carbonyl (C=O) groups excluding carboxylic acids is 3. The highest BCUT2D eigenvalue weighted by molar-refractivity contribution is 6.01. The van der Waals surface area contributed by atoms with Gasteiger partial charge in [-0.1, -0.05) is 36.3 Å². The fourth-order valence-electron chi connectivity index (χ4n) is 4.77. The lowest BCUT2D eigenvalue weighted by atomic mass is 9.83. The Bertz CT molecular complexity index is 1010. The number of hydrogen-bond acceptors (Lipinski definition) is 9. The number of piperidine rings is 2. The second-order valence-corrected chi connectivity index (χ2v) is 9.77. The van der Waals surface area contributed by atoms with Gasteiger partial charge in [0.2, 0.25) is 0 Å². The Morgan fingerprint density at radius 2 is 1.68 bits per heavy atom. The SMILES string of the molecule is CC(CC(=O)c1ccc(C(N)=NO)cc1)C(=O)[C@H](OC(=O)COC1CCNCC1)C1CCN(C(=O)O)CC1. The minimum absolute atomic E-state index is 0.0568. The highest BCUT2D eigenvalue weighted by atomic mass is 16.6. The predicted molar refractivity (Wildman–Crippen MR) is 136 cm³/mol.